The van der Waals surface area contributed by atoms with Crippen LogP contribution in [0.15, 0.2) is 60.8 Å². The highest BCUT2D eigenvalue weighted by atomic mass is 16.6. The minimum Gasteiger partial charge on any atom is -0.485 e. The number of carbonyl (C=O) groups excluding carboxylic acids is 1. The molecule has 1 aromatic heterocycles. The predicted molar refractivity (Wildman–Crippen MR) is 102 cm³/mol. The number of fused-ring (bicyclic) bond motifs is 2. The van der Waals surface area contributed by atoms with Crippen molar-refractivity contribution in [3.8, 4) is 11.5 Å². The Kier molecular flexibility index (Phi) is 3.93. The van der Waals surface area contributed by atoms with Gasteiger partial charge in [0, 0.05) is 24.2 Å². The molecule has 1 saturated carbocycles. The van der Waals surface area contributed by atoms with Crippen LogP contribution in [0.1, 0.15) is 18.4 Å². The Morgan fingerprint density at radius 1 is 1.07 bits per heavy atom. The minimum atomic E-state index is -0.603. The molecule has 2 heterocycles. The van der Waals surface area contributed by atoms with Crippen LogP contribution in [0, 0.1) is 0 Å². The van der Waals surface area contributed by atoms with Gasteiger partial charge in [-0.3, -0.25) is 9.78 Å². The summed E-state index contributed by atoms with van der Waals surface area (Å²) in [6.45, 7) is 0.790. The molecule has 27 heavy (non-hydrogen) atoms. The lowest BCUT2D eigenvalue weighted by Crippen LogP contribution is -2.47. The van der Waals surface area contributed by atoms with Crippen molar-refractivity contribution >= 4 is 16.8 Å². The zero-order chi connectivity index (χ0) is 18.2. The number of pyridine rings is 1. The third-order valence-electron chi connectivity index (χ3n) is 5.05. The highest BCUT2D eigenvalue weighted by Gasteiger charge is 2.38. The summed E-state index contributed by atoms with van der Waals surface area (Å²) in [6, 6.07) is 17.9. The summed E-state index contributed by atoms with van der Waals surface area (Å²) in [6.07, 6.45) is 3.33. The normalized spacial score (nSPS) is 18.3. The highest BCUT2D eigenvalue weighted by molar-refractivity contribution is 5.83. The van der Waals surface area contributed by atoms with Gasteiger partial charge in [0.05, 0.1) is 5.52 Å². The SMILES string of the molecule is O=C([C@@H]1COc2ccccc2O1)N(Cc1cnc2ccccc2c1)C1CC1. The monoisotopic (exact) mass is 360 g/mol. The summed E-state index contributed by atoms with van der Waals surface area (Å²) >= 11 is 0. The van der Waals surface area contributed by atoms with Crippen molar-refractivity contribution in [3.63, 3.8) is 0 Å². The Morgan fingerprint density at radius 2 is 1.85 bits per heavy atom. The second-order valence-corrected chi connectivity index (χ2v) is 7.10. The van der Waals surface area contributed by atoms with E-state index in [0.29, 0.717) is 18.0 Å². The quantitative estimate of drug-likeness (QED) is 0.714. The molecule has 1 fully saturated rings. The summed E-state index contributed by atoms with van der Waals surface area (Å²) in [7, 11) is 0. The molecule has 3 aromatic rings. The van der Waals surface area contributed by atoms with Gasteiger partial charge in [-0.25, -0.2) is 0 Å². The molecule has 5 nitrogen and oxygen atoms in total. The van der Waals surface area contributed by atoms with Crippen molar-refractivity contribution in [1.82, 2.24) is 9.88 Å². The maximum atomic E-state index is 13.2. The molecule has 2 aromatic carbocycles. The molecule has 1 aliphatic heterocycles. The van der Waals surface area contributed by atoms with E-state index in [1.165, 1.54) is 0 Å². The lowest BCUT2D eigenvalue weighted by Gasteiger charge is -2.31. The fraction of sp³-hybridized carbons (Fsp3) is 0.273. The molecule has 0 unspecified atom stereocenters. The molecular formula is C22H20N2O3. The summed E-state index contributed by atoms with van der Waals surface area (Å²) in [5.74, 6) is 1.31. The number of carbonyl (C=O) groups is 1. The Balaban J connectivity index is 1.37. The lowest BCUT2D eigenvalue weighted by atomic mass is 10.1. The number of para-hydroxylation sites is 3. The molecule has 2 aliphatic rings. The van der Waals surface area contributed by atoms with Crippen LogP contribution < -0.4 is 9.47 Å². The van der Waals surface area contributed by atoms with Crippen LogP contribution in [-0.4, -0.2) is 34.5 Å². The Bertz CT molecular complexity index is 1000. The highest BCUT2D eigenvalue weighted by Crippen LogP contribution is 2.34. The first kappa shape index (κ1) is 16.1. The van der Waals surface area contributed by atoms with Gasteiger partial charge in [-0.2, -0.15) is 0 Å². The van der Waals surface area contributed by atoms with Gasteiger partial charge >= 0.3 is 0 Å². The average molecular weight is 360 g/mol. The number of benzene rings is 2. The van der Waals surface area contributed by atoms with Crippen molar-refractivity contribution in [1.29, 1.82) is 0 Å². The molecule has 5 heteroatoms. The molecule has 5 rings (SSSR count). The van der Waals surface area contributed by atoms with Crippen molar-refractivity contribution < 1.29 is 14.3 Å². The zero-order valence-electron chi connectivity index (χ0n) is 14.9. The van der Waals surface area contributed by atoms with Gasteiger partial charge in [0.15, 0.2) is 11.5 Å². The number of nitrogens with zero attached hydrogens (tertiary/aromatic N) is 2. The maximum Gasteiger partial charge on any atom is 0.267 e. The fourth-order valence-corrected chi connectivity index (χ4v) is 3.50. The number of ether oxygens (including phenoxy) is 2. The Hall–Kier alpha value is -3.08. The lowest BCUT2D eigenvalue weighted by molar-refractivity contribution is -0.142. The van der Waals surface area contributed by atoms with Crippen molar-refractivity contribution in [3.05, 3.63) is 66.4 Å². The number of hydrogen-bond donors (Lipinski definition) is 0. The van der Waals surface area contributed by atoms with Gasteiger partial charge in [-0.05, 0) is 42.7 Å². The number of rotatable bonds is 4. The molecule has 1 aliphatic carbocycles. The summed E-state index contributed by atoms with van der Waals surface area (Å²) in [5, 5.41) is 1.09. The van der Waals surface area contributed by atoms with Gasteiger partial charge in [0.1, 0.15) is 6.61 Å². The van der Waals surface area contributed by atoms with Gasteiger partial charge in [0.2, 0.25) is 6.10 Å². The fourth-order valence-electron chi connectivity index (χ4n) is 3.50. The molecule has 1 atom stereocenters. The van der Waals surface area contributed by atoms with Gasteiger partial charge in [-0.1, -0.05) is 30.3 Å². The molecular weight excluding hydrogens is 340 g/mol. The molecule has 0 bridgehead atoms. The Morgan fingerprint density at radius 3 is 2.70 bits per heavy atom. The van der Waals surface area contributed by atoms with Crippen LogP contribution in [0.3, 0.4) is 0 Å². The van der Waals surface area contributed by atoms with E-state index < -0.39 is 6.10 Å². The van der Waals surface area contributed by atoms with E-state index in [1.54, 1.807) is 0 Å². The van der Waals surface area contributed by atoms with Crippen molar-refractivity contribution in [2.24, 2.45) is 0 Å². The standard InChI is InChI=1S/C22H20N2O3/c25-22(21-14-26-19-7-3-4-8-20(19)27-21)24(17-9-10-17)13-15-11-16-5-1-2-6-18(16)23-12-15/h1-8,11-12,17,21H,9-10,13-14H2/t21-/m0/s1. The van der Waals surface area contributed by atoms with E-state index in [0.717, 1.165) is 29.3 Å². The summed E-state index contributed by atoms with van der Waals surface area (Å²) in [4.78, 5) is 19.6. The van der Waals surface area contributed by atoms with E-state index in [2.05, 4.69) is 11.1 Å². The zero-order valence-corrected chi connectivity index (χ0v) is 14.9. The molecule has 0 N–H and O–H groups in total. The predicted octanol–water partition coefficient (Wildman–Crippen LogP) is 3.57. The van der Waals surface area contributed by atoms with E-state index in [4.69, 9.17) is 9.47 Å². The molecule has 0 saturated heterocycles. The van der Waals surface area contributed by atoms with Crippen LogP contribution in [0.5, 0.6) is 11.5 Å². The van der Waals surface area contributed by atoms with Crippen LogP contribution in [-0.2, 0) is 11.3 Å². The molecule has 1 amide bonds. The first-order valence-electron chi connectivity index (χ1n) is 9.30. The third-order valence-corrected chi connectivity index (χ3v) is 5.05. The molecule has 136 valence electrons. The van der Waals surface area contributed by atoms with Crippen LogP contribution in [0.25, 0.3) is 10.9 Å². The number of aromatic nitrogens is 1. The van der Waals surface area contributed by atoms with Crippen LogP contribution in [0.4, 0.5) is 0 Å². The molecule has 0 radical (unpaired) electrons. The van der Waals surface area contributed by atoms with Gasteiger partial charge in [-0.15, -0.1) is 0 Å². The molecule has 0 spiro atoms. The summed E-state index contributed by atoms with van der Waals surface area (Å²) < 4.78 is 11.7. The number of hydrogen-bond acceptors (Lipinski definition) is 4. The van der Waals surface area contributed by atoms with E-state index in [1.807, 2.05) is 59.6 Å². The number of amides is 1. The van der Waals surface area contributed by atoms with Crippen molar-refractivity contribution in [2.45, 2.75) is 31.5 Å². The largest absolute Gasteiger partial charge is 0.485 e. The second-order valence-electron chi connectivity index (χ2n) is 7.10. The van der Waals surface area contributed by atoms with Crippen LogP contribution in [0.2, 0.25) is 0 Å². The smallest absolute Gasteiger partial charge is 0.267 e. The van der Waals surface area contributed by atoms with Crippen LogP contribution >= 0.6 is 0 Å². The average Bonchev–Trinajstić information content (AvgIpc) is 3.56. The maximum absolute atomic E-state index is 13.2. The third kappa shape index (κ3) is 3.21. The van der Waals surface area contributed by atoms with E-state index in [9.17, 15) is 4.79 Å². The van der Waals surface area contributed by atoms with Gasteiger partial charge < -0.3 is 14.4 Å². The second kappa shape index (κ2) is 6.58. The summed E-state index contributed by atoms with van der Waals surface area (Å²) in [5.41, 5.74) is 2.00. The first-order valence-corrected chi connectivity index (χ1v) is 9.30. The minimum absolute atomic E-state index is 0.0137. The van der Waals surface area contributed by atoms with E-state index in [-0.39, 0.29) is 18.6 Å². The van der Waals surface area contributed by atoms with Crippen molar-refractivity contribution in [2.75, 3.05) is 6.61 Å². The Labute approximate surface area is 157 Å². The van der Waals surface area contributed by atoms with E-state index >= 15 is 0 Å². The topological polar surface area (TPSA) is 51.7 Å². The van der Waals surface area contributed by atoms with Gasteiger partial charge in [0.25, 0.3) is 5.91 Å². The first-order chi connectivity index (χ1) is 13.3.